The Bertz CT molecular complexity index is 1220. The van der Waals surface area contributed by atoms with Gasteiger partial charge in [-0.15, -0.1) is 0 Å². The van der Waals surface area contributed by atoms with Crippen LogP contribution in [0, 0.1) is 0 Å². The van der Waals surface area contributed by atoms with Crippen molar-refractivity contribution in [3.8, 4) is 5.75 Å². The summed E-state index contributed by atoms with van der Waals surface area (Å²) in [6, 6.07) is 16.3. The fourth-order valence-corrected chi connectivity index (χ4v) is 4.54. The number of ether oxygens (including phenoxy) is 2. The van der Waals surface area contributed by atoms with E-state index in [1.54, 1.807) is 31.2 Å². The van der Waals surface area contributed by atoms with Gasteiger partial charge >= 0.3 is 5.97 Å². The van der Waals surface area contributed by atoms with Crippen molar-refractivity contribution in [1.29, 1.82) is 0 Å². The third kappa shape index (κ3) is 5.52. The number of benzene rings is 2. The monoisotopic (exact) mass is 501 g/mol. The zero-order valence-corrected chi connectivity index (χ0v) is 20.3. The van der Waals surface area contributed by atoms with Crippen molar-refractivity contribution in [2.45, 2.75) is 32.8 Å². The van der Waals surface area contributed by atoms with E-state index in [1.807, 2.05) is 30.3 Å². The number of allylic oxidation sites excluding steroid dienone is 2. The van der Waals surface area contributed by atoms with Crippen LogP contribution < -0.4 is 4.74 Å². The molecule has 4 rings (SSSR count). The molecule has 0 bridgehead atoms. The molecule has 0 saturated carbocycles. The Hall–Kier alpha value is -2.53. The van der Waals surface area contributed by atoms with Crippen LogP contribution in [0.3, 0.4) is 0 Å². The second-order valence-electron chi connectivity index (χ2n) is 7.60. The number of carbonyl (C=O) groups is 1. The van der Waals surface area contributed by atoms with Gasteiger partial charge in [0.15, 0.2) is 0 Å². The van der Waals surface area contributed by atoms with Gasteiger partial charge in [0, 0.05) is 26.2 Å². The summed E-state index contributed by atoms with van der Waals surface area (Å²) in [5.41, 5.74) is 5.02. The minimum Gasteiger partial charge on any atom is -0.488 e. The van der Waals surface area contributed by atoms with Gasteiger partial charge < -0.3 is 9.47 Å². The molecule has 3 aromatic rings. The molecule has 170 valence electrons. The molecule has 0 atom stereocenters. The predicted molar refractivity (Wildman–Crippen MR) is 133 cm³/mol. The summed E-state index contributed by atoms with van der Waals surface area (Å²) in [4.78, 5) is 16.8. The average Bonchev–Trinajstić information content (AvgIpc) is 3.29. The van der Waals surface area contributed by atoms with Crippen molar-refractivity contribution in [1.82, 2.24) is 4.98 Å². The van der Waals surface area contributed by atoms with Gasteiger partial charge in [-0.3, -0.25) is 0 Å². The number of hydrogen-bond acceptors (Lipinski definition) is 4. The number of esters is 1. The van der Waals surface area contributed by atoms with E-state index in [-0.39, 0.29) is 0 Å². The van der Waals surface area contributed by atoms with Crippen molar-refractivity contribution in [3.05, 3.63) is 92.2 Å². The topological polar surface area (TPSA) is 48.4 Å². The van der Waals surface area contributed by atoms with Crippen LogP contribution in [0.25, 0.3) is 11.1 Å². The molecule has 2 aromatic carbocycles. The first-order valence-corrected chi connectivity index (χ1v) is 11.8. The lowest BCUT2D eigenvalue weighted by Crippen LogP contribution is -2.08. The lowest BCUT2D eigenvalue weighted by Gasteiger charge is -2.15. The zero-order valence-electron chi connectivity index (χ0n) is 18.0. The number of hydrogen-bond donors (Lipinski definition) is 0. The fraction of sp³-hybridized carbons (Fsp3) is 0.231. The summed E-state index contributed by atoms with van der Waals surface area (Å²) in [6.07, 6.45) is 2.69. The zero-order chi connectivity index (χ0) is 23.4. The molecule has 0 N–H and O–H groups in total. The highest BCUT2D eigenvalue weighted by Crippen LogP contribution is 2.43. The molecule has 1 heterocycles. The van der Waals surface area contributed by atoms with Crippen molar-refractivity contribution in [3.63, 3.8) is 0 Å². The molecule has 33 heavy (non-hydrogen) atoms. The van der Waals surface area contributed by atoms with E-state index in [2.05, 4.69) is 4.98 Å². The van der Waals surface area contributed by atoms with E-state index >= 15 is 0 Å². The minimum absolute atomic E-state index is 0.295. The van der Waals surface area contributed by atoms with E-state index in [9.17, 15) is 4.79 Å². The molecule has 4 nitrogen and oxygen atoms in total. The molecule has 7 heteroatoms. The van der Waals surface area contributed by atoms with E-state index in [0.29, 0.717) is 39.7 Å². The second kappa shape index (κ2) is 10.6. The number of halogens is 3. The van der Waals surface area contributed by atoms with Gasteiger partial charge in [0.2, 0.25) is 0 Å². The third-order valence-electron chi connectivity index (χ3n) is 5.43. The molecule has 0 aliphatic heterocycles. The van der Waals surface area contributed by atoms with Crippen LogP contribution in [-0.4, -0.2) is 17.6 Å². The first kappa shape index (κ1) is 23.6. The summed E-state index contributed by atoms with van der Waals surface area (Å²) < 4.78 is 11.3. The first-order valence-electron chi connectivity index (χ1n) is 10.7. The van der Waals surface area contributed by atoms with Gasteiger partial charge in [0.05, 0.1) is 12.3 Å². The lowest BCUT2D eigenvalue weighted by atomic mass is 9.99. The number of pyridine rings is 1. The molecule has 1 aliphatic rings. The molecule has 0 amide bonds. The number of carbonyl (C=O) groups excluding carboxylic acids is 1. The van der Waals surface area contributed by atoms with Crippen molar-refractivity contribution >= 4 is 51.9 Å². The second-order valence-corrected chi connectivity index (χ2v) is 8.88. The van der Waals surface area contributed by atoms with Crippen LogP contribution in [0.2, 0.25) is 15.1 Å². The van der Waals surface area contributed by atoms with Crippen LogP contribution >= 0.6 is 34.8 Å². The fourth-order valence-electron chi connectivity index (χ4n) is 3.90. The smallest absolute Gasteiger partial charge is 0.356 e. The SMILES string of the molecule is CCOC(=O)c1cccc(C2=C(c3cc(Cl)ccc3OCc3ccc(Cl)cc3Cl)CCC2)n1. The Balaban J connectivity index is 1.69. The maximum absolute atomic E-state index is 12.2. The molecular formula is C26H22Cl3NO3. The Labute approximate surface area is 208 Å². The molecule has 0 saturated heterocycles. The van der Waals surface area contributed by atoms with Gasteiger partial charge in [0.25, 0.3) is 0 Å². The molecule has 0 spiro atoms. The number of nitrogens with zero attached hydrogens (tertiary/aromatic N) is 1. The maximum Gasteiger partial charge on any atom is 0.356 e. The van der Waals surface area contributed by atoms with Gasteiger partial charge in [-0.2, -0.15) is 0 Å². The molecule has 1 aliphatic carbocycles. The van der Waals surface area contributed by atoms with Gasteiger partial charge in [-0.25, -0.2) is 9.78 Å². The molecule has 1 aromatic heterocycles. The number of rotatable bonds is 7. The molecule has 0 unspecified atom stereocenters. The largest absolute Gasteiger partial charge is 0.488 e. The van der Waals surface area contributed by atoms with Gasteiger partial charge in [0.1, 0.15) is 18.1 Å². The summed E-state index contributed by atoms with van der Waals surface area (Å²) in [5.74, 6) is 0.285. The molecule has 0 fully saturated rings. The number of aromatic nitrogens is 1. The molecular weight excluding hydrogens is 481 g/mol. The van der Waals surface area contributed by atoms with E-state index in [1.165, 1.54) is 0 Å². The molecule has 0 radical (unpaired) electrons. The van der Waals surface area contributed by atoms with Crippen molar-refractivity contribution in [2.75, 3.05) is 6.61 Å². The van der Waals surface area contributed by atoms with Crippen LogP contribution in [0.5, 0.6) is 5.75 Å². The van der Waals surface area contributed by atoms with Crippen LogP contribution in [-0.2, 0) is 11.3 Å². The minimum atomic E-state index is -0.425. The van der Waals surface area contributed by atoms with Crippen molar-refractivity contribution < 1.29 is 14.3 Å². The van der Waals surface area contributed by atoms with Crippen LogP contribution in [0.15, 0.2) is 54.6 Å². The third-order valence-corrected chi connectivity index (χ3v) is 6.25. The van der Waals surface area contributed by atoms with Crippen LogP contribution in [0.4, 0.5) is 0 Å². The highest BCUT2D eigenvalue weighted by molar-refractivity contribution is 6.35. The standard InChI is InChI=1S/C26H22Cl3NO3/c1-2-32-26(31)24-8-4-7-23(30-24)20-6-3-5-19(20)21-13-17(27)11-12-25(21)33-15-16-9-10-18(28)14-22(16)29/h4,7-14H,2-3,5-6,15H2,1H3. The van der Waals surface area contributed by atoms with Gasteiger partial charge in [-0.05, 0) is 79.8 Å². The van der Waals surface area contributed by atoms with Gasteiger partial charge in [-0.1, -0.05) is 46.9 Å². The maximum atomic E-state index is 12.2. The van der Waals surface area contributed by atoms with E-state index in [0.717, 1.165) is 47.2 Å². The predicted octanol–water partition coefficient (Wildman–Crippen LogP) is 7.89. The highest BCUT2D eigenvalue weighted by atomic mass is 35.5. The summed E-state index contributed by atoms with van der Waals surface area (Å²) in [5, 5.41) is 1.75. The summed E-state index contributed by atoms with van der Waals surface area (Å²) in [7, 11) is 0. The highest BCUT2D eigenvalue weighted by Gasteiger charge is 2.23. The van der Waals surface area contributed by atoms with Crippen LogP contribution in [0.1, 0.15) is 53.5 Å². The Morgan fingerprint density at radius 3 is 2.52 bits per heavy atom. The Morgan fingerprint density at radius 1 is 0.970 bits per heavy atom. The summed E-state index contributed by atoms with van der Waals surface area (Å²) in [6.45, 7) is 2.38. The quantitative estimate of drug-likeness (QED) is 0.308. The Kier molecular flexibility index (Phi) is 7.59. The van der Waals surface area contributed by atoms with E-state index < -0.39 is 5.97 Å². The van der Waals surface area contributed by atoms with E-state index in [4.69, 9.17) is 44.3 Å². The van der Waals surface area contributed by atoms with Crippen molar-refractivity contribution in [2.24, 2.45) is 0 Å². The average molecular weight is 503 g/mol. The lowest BCUT2D eigenvalue weighted by molar-refractivity contribution is 0.0519. The Morgan fingerprint density at radius 2 is 1.73 bits per heavy atom. The normalized spacial score (nSPS) is 13.3. The summed E-state index contributed by atoms with van der Waals surface area (Å²) >= 11 is 18.7. The first-order chi connectivity index (χ1) is 16.0.